The molecule has 120 valence electrons. The summed E-state index contributed by atoms with van der Waals surface area (Å²) < 4.78 is 22.5. The molecule has 1 aromatic rings. The van der Waals surface area contributed by atoms with E-state index in [1.165, 1.54) is 18.3 Å². The summed E-state index contributed by atoms with van der Waals surface area (Å²) >= 11 is 0. The van der Waals surface area contributed by atoms with Crippen molar-refractivity contribution in [1.29, 1.82) is 0 Å². The number of nitrogens with two attached hydrogens (primary N) is 1. The molecule has 0 aromatic carbocycles. The van der Waals surface area contributed by atoms with Gasteiger partial charge in [-0.3, -0.25) is 4.79 Å². The maximum Gasteiger partial charge on any atom is 0.227 e. The van der Waals surface area contributed by atoms with Crippen LogP contribution < -0.4 is 11.1 Å². The van der Waals surface area contributed by atoms with Crippen molar-refractivity contribution in [2.45, 2.75) is 30.3 Å². The molecule has 9 heteroatoms. The van der Waals surface area contributed by atoms with Gasteiger partial charge in [-0.15, -0.1) is 24.8 Å². The first-order valence-corrected chi connectivity index (χ1v) is 7.98. The number of carbonyl (C=O) groups is 1. The Labute approximate surface area is 136 Å². The van der Waals surface area contributed by atoms with Crippen LogP contribution >= 0.6 is 24.8 Å². The van der Waals surface area contributed by atoms with Crippen LogP contribution in [-0.4, -0.2) is 31.6 Å². The second-order valence-electron chi connectivity index (χ2n) is 4.92. The van der Waals surface area contributed by atoms with E-state index < -0.39 is 9.84 Å². The molecular formula is C12H19Cl2N3O3S. The Balaban J connectivity index is 0.00000200. The van der Waals surface area contributed by atoms with E-state index >= 15 is 0 Å². The second-order valence-corrected chi connectivity index (χ2v) is 6.88. The van der Waals surface area contributed by atoms with Crippen LogP contribution in [0.5, 0.6) is 0 Å². The van der Waals surface area contributed by atoms with Gasteiger partial charge in [-0.1, -0.05) is 0 Å². The lowest BCUT2D eigenvalue weighted by atomic mass is 10.1. The summed E-state index contributed by atoms with van der Waals surface area (Å²) in [6.45, 7) is 0. The molecule has 3 N–H and O–H groups in total. The Morgan fingerprint density at radius 2 is 2.00 bits per heavy atom. The number of halogens is 2. The van der Waals surface area contributed by atoms with E-state index in [9.17, 15) is 13.2 Å². The van der Waals surface area contributed by atoms with E-state index in [4.69, 9.17) is 5.73 Å². The Morgan fingerprint density at radius 1 is 1.33 bits per heavy atom. The van der Waals surface area contributed by atoms with Gasteiger partial charge in [0.2, 0.25) is 5.91 Å². The first kappa shape index (κ1) is 20.1. The fraction of sp³-hybridized carbons (Fsp3) is 0.500. The summed E-state index contributed by atoms with van der Waals surface area (Å²) in [7, 11) is -3.31. The molecule has 1 aliphatic rings. The first-order valence-electron chi connectivity index (χ1n) is 6.09. The van der Waals surface area contributed by atoms with E-state index in [0.717, 1.165) is 19.1 Å². The molecule has 1 saturated carbocycles. The fourth-order valence-corrected chi connectivity index (χ4v) is 2.73. The van der Waals surface area contributed by atoms with Gasteiger partial charge in [0.25, 0.3) is 0 Å². The zero-order chi connectivity index (χ0) is 14.0. The zero-order valence-corrected chi connectivity index (χ0v) is 13.9. The Morgan fingerprint density at radius 3 is 2.43 bits per heavy atom. The number of pyridine rings is 1. The molecule has 2 unspecified atom stereocenters. The standard InChI is InChI=1S/C12H17N3O3S.2ClH/c1-19(17,18)11-5-4-10(7-14-11)15-12(16)8-2-3-9(13)6-8;;/h4-5,7-9H,2-3,6,13H2,1H3,(H,15,16);2*1H. The van der Waals surface area contributed by atoms with Gasteiger partial charge in [-0.25, -0.2) is 13.4 Å². The number of anilines is 1. The molecule has 0 spiro atoms. The van der Waals surface area contributed by atoms with Crippen molar-refractivity contribution < 1.29 is 13.2 Å². The van der Waals surface area contributed by atoms with Crippen LogP contribution in [0.4, 0.5) is 5.69 Å². The number of hydrogen-bond acceptors (Lipinski definition) is 5. The molecule has 2 rings (SSSR count). The van der Waals surface area contributed by atoms with Gasteiger partial charge < -0.3 is 11.1 Å². The van der Waals surface area contributed by atoms with Crippen LogP contribution in [0, 0.1) is 5.92 Å². The number of aromatic nitrogens is 1. The fourth-order valence-electron chi connectivity index (χ4n) is 2.17. The monoisotopic (exact) mass is 355 g/mol. The summed E-state index contributed by atoms with van der Waals surface area (Å²) in [6, 6.07) is 3.02. The Kier molecular flexibility index (Phi) is 7.60. The van der Waals surface area contributed by atoms with E-state index in [-0.39, 0.29) is 47.7 Å². The van der Waals surface area contributed by atoms with Crippen LogP contribution in [0.15, 0.2) is 23.4 Å². The van der Waals surface area contributed by atoms with Crippen LogP contribution in [0.3, 0.4) is 0 Å². The number of nitrogens with zero attached hydrogens (tertiary/aromatic N) is 1. The van der Waals surface area contributed by atoms with Crippen molar-refractivity contribution in [3.8, 4) is 0 Å². The third-order valence-corrected chi connectivity index (χ3v) is 4.23. The summed E-state index contributed by atoms with van der Waals surface area (Å²) in [6.07, 6.45) is 4.79. The SMILES string of the molecule is CS(=O)(=O)c1ccc(NC(=O)C2CCC(N)C2)cn1.Cl.Cl. The van der Waals surface area contributed by atoms with Crippen LogP contribution in [0.25, 0.3) is 0 Å². The summed E-state index contributed by atoms with van der Waals surface area (Å²) in [5.41, 5.74) is 6.26. The number of carbonyl (C=O) groups excluding carboxylic acids is 1. The van der Waals surface area contributed by atoms with Crippen LogP contribution in [0.1, 0.15) is 19.3 Å². The summed E-state index contributed by atoms with van der Waals surface area (Å²) in [5.74, 6) is -0.147. The Hall–Kier alpha value is -0.890. The molecule has 0 bridgehead atoms. The molecule has 1 aliphatic carbocycles. The minimum Gasteiger partial charge on any atom is -0.328 e. The van der Waals surface area contributed by atoms with Crippen molar-refractivity contribution in [2.24, 2.45) is 11.7 Å². The molecule has 0 radical (unpaired) electrons. The van der Waals surface area contributed by atoms with Gasteiger partial charge in [0.05, 0.1) is 11.9 Å². The third kappa shape index (κ3) is 5.43. The van der Waals surface area contributed by atoms with Crippen molar-refractivity contribution in [3.05, 3.63) is 18.3 Å². The normalized spacial score (nSPS) is 21.0. The third-order valence-electron chi connectivity index (χ3n) is 3.23. The average molecular weight is 356 g/mol. The van der Waals surface area contributed by atoms with E-state index in [2.05, 4.69) is 10.3 Å². The lowest BCUT2D eigenvalue weighted by molar-refractivity contribution is -0.119. The van der Waals surface area contributed by atoms with Gasteiger partial charge in [0.1, 0.15) is 0 Å². The summed E-state index contributed by atoms with van der Waals surface area (Å²) in [4.78, 5) is 15.7. The highest BCUT2D eigenvalue weighted by Crippen LogP contribution is 2.25. The van der Waals surface area contributed by atoms with Gasteiger partial charge in [-0.05, 0) is 31.4 Å². The zero-order valence-electron chi connectivity index (χ0n) is 11.5. The molecule has 1 amide bonds. The van der Waals surface area contributed by atoms with E-state index in [1.54, 1.807) is 0 Å². The largest absolute Gasteiger partial charge is 0.328 e. The first-order chi connectivity index (χ1) is 8.86. The van der Waals surface area contributed by atoms with Crippen molar-refractivity contribution in [1.82, 2.24) is 4.98 Å². The van der Waals surface area contributed by atoms with Gasteiger partial charge >= 0.3 is 0 Å². The van der Waals surface area contributed by atoms with Crippen molar-refractivity contribution in [3.63, 3.8) is 0 Å². The molecular weight excluding hydrogens is 337 g/mol. The number of sulfone groups is 1. The molecule has 2 atom stereocenters. The van der Waals surface area contributed by atoms with E-state index in [1.807, 2.05) is 0 Å². The highest BCUT2D eigenvalue weighted by molar-refractivity contribution is 7.90. The van der Waals surface area contributed by atoms with Crippen LogP contribution in [0.2, 0.25) is 0 Å². The molecule has 1 aromatic heterocycles. The maximum atomic E-state index is 11.9. The van der Waals surface area contributed by atoms with Gasteiger partial charge in [0.15, 0.2) is 14.9 Å². The van der Waals surface area contributed by atoms with Gasteiger partial charge in [0, 0.05) is 18.2 Å². The minimum atomic E-state index is -3.31. The summed E-state index contributed by atoms with van der Waals surface area (Å²) in [5, 5.41) is 2.73. The predicted molar refractivity (Wildman–Crippen MR) is 85.8 cm³/mol. The van der Waals surface area contributed by atoms with Crippen molar-refractivity contribution in [2.75, 3.05) is 11.6 Å². The molecule has 0 saturated heterocycles. The predicted octanol–water partition coefficient (Wildman–Crippen LogP) is 1.39. The smallest absolute Gasteiger partial charge is 0.227 e. The lowest BCUT2D eigenvalue weighted by Crippen LogP contribution is -2.23. The van der Waals surface area contributed by atoms with Crippen LogP contribution in [-0.2, 0) is 14.6 Å². The van der Waals surface area contributed by atoms with E-state index in [0.29, 0.717) is 12.1 Å². The number of amides is 1. The molecule has 6 nitrogen and oxygen atoms in total. The quantitative estimate of drug-likeness (QED) is 0.852. The molecule has 21 heavy (non-hydrogen) atoms. The average Bonchev–Trinajstić information content (AvgIpc) is 2.75. The van der Waals surface area contributed by atoms with Gasteiger partial charge in [-0.2, -0.15) is 0 Å². The highest BCUT2D eigenvalue weighted by atomic mass is 35.5. The second kappa shape index (κ2) is 7.93. The molecule has 0 aliphatic heterocycles. The lowest BCUT2D eigenvalue weighted by Gasteiger charge is -2.10. The van der Waals surface area contributed by atoms with Crippen molar-refractivity contribution >= 4 is 46.2 Å². The number of nitrogens with one attached hydrogen (secondary N) is 1. The number of hydrogen-bond donors (Lipinski definition) is 2. The molecule has 1 fully saturated rings. The number of rotatable bonds is 3. The Bertz CT molecular complexity index is 578. The minimum absolute atomic E-state index is 0. The molecule has 1 heterocycles. The topological polar surface area (TPSA) is 102 Å². The highest BCUT2D eigenvalue weighted by Gasteiger charge is 2.27. The maximum absolute atomic E-state index is 11.9.